The van der Waals surface area contributed by atoms with Crippen LogP contribution in [0.5, 0.6) is 0 Å². The first-order valence-electron chi connectivity index (χ1n) is 22.3. The zero-order valence-electron chi connectivity index (χ0n) is 37.8. The first-order chi connectivity index (χ1) is 26.4. The van der Waals surface area contributed by atoms with E-state index in [1.54, 1.807) is 24.8 Å². The first-order valence-corrected chi connectivity index (χ1v) is 40.7. The molecular weight excluding hydrogens is 871 g/mol. The van der Waals surface area contributed by atoms with Gasteiger partial charge in [-0.3, -0.25) is 0 Å². The zero-order valence-corrected chi connectivity index (χ0v) is 43.4. The van der Waals surface area contributed by atoms with Crippen molar-refractivity contribution in [1.29, 1.82) is 0 Å². The number of fused-ring (bicyclic) bond motifs is 3. The fourth-order valence-electron chi connectivity index (χ4n) is 11.5. The molecule has 2 aliphatic carbocycles. The Morgan fingerprint density at radius 2 is 0.839 bits per heavy atom. The fourth-order valence-corrected chi connectivity index (χ4v) is 43.7. The van der Waals surface area contributed by atoms with E-state index in [-0.39, 0.29) is 10.8 Å². The second kappa shape index (κ2) is 15.6. The van der Waals surface area contributed by atoms with Crippen molar-refractivity contribution in [2.45, 2.75) is 147 Å². The molecule has 4 aromatic carbocycles. The number of hydrogen-bond donors (Lipinski definition) is 0. The zero-order chi connectivity index (χ0) is 40.9. The van der Waals surface area contributed by atoms with E-state index >= 15 is 0 Å². The van der Waals surface area contributed by atoms with E-state index in [0.717, 1.165) is 0 Å². The molecule has 0 aliphatic heterocycles. The van der Waals surface area contributed by atoms with Crippen molar-refractivity contribution in [2.75, 3.05) is 0 Å². The molecule has 6 rings (SSSR count). The van der Waals surface area contributed by atoms with E-state index in [2.05, 4.69) is 202 Å². The van der Waals surface area contributed by atoms with E-state index in [4.69, 9.17) is 0 Å². The summed E-state index contributed by atoms with van der Waals surface area (Å²) < 4.78 is 8.14. The quantitative estimate of drug-likeness (QED) is 0.124. The normalized spacial score (nSPS) is 15.4. The van der Waals surface area contributed by atoms with Crippen molar-refractivity contribution in [3.63, 3.8) is 0 Å². The SMILES string of the molecule is CC[Si](CC)(CC)c1ccc([C](c2ccc([Si](CC)(CC)CC)cc2)=[Hf]([CH3])([CH3])([CH]2C=CC=C2)[CH]2c3cc(C(C)(C)C)ccc3-c3ccc(C(C)(C)C)cc32)cc1. The standard InChI is InChI=1S/C25H38Si2.C21H25.C5H5.2CH3.Hf/c1-7-26(8-2,9-3)24-17-13-22(14-18-24)21-23-15-19-25(20-16-23)27(10-4,11-5)12-6;1-20(2,3)16-7-9-18-14(12-16)11-15-13-17(21(4,5)6)8-10-19(15)18;1-2-4-5-3-1;;;/h13-20H,7-12H2,1-6H3;7-13H,1-6H3;1-5H;2*1H3;. The van der Waals surface area contributed by atoms with Gasteiger partial charge in [-0.25, -0.2) is 0 Å². The molecule has 3 heteroatoms. The van der Waals surface area contributed by atoms with Crippen molar-refractivity contribution in [3.05, 3.63) is 143 Å². The summed E-state index contributed by atoms with van der Waals surface area (Å²) in [6, 6.07) is 43.6. The minimum atomic E-state index is -4.67. The van der Waals surface area contributed by atoms with Gasteiger partial charge in [0.25, 0.3) is 0 Å². The predicted octanol–water partition coefficient (Wildman–Crippen LogP) is 14.8. The monoisotopic (exact) mass is 946 g/mol. The second-order valence-electron chi connectivity index (χ2n) is 20.7. The van der Waals surface area contributed by atoms with E-state index in [9.17, 15) is 0 Å². The van der Waals surface area contributed by atoms with Crippen LogP contribution in [0.2, 0.25) is 49.3 Å². The van der Waals surface area contributed by atoms with Crippen LogP contribution in [-0.4, -0.2) is 19.4 Å². The molecule has 0 nitrogen and oxygen atoms in total. The van der Waals surface area contributed by atoms with E-state index in [1.807, 2.05) is 0 Å². The van der Waals surface area contributed by atoms with Gasteiger partial charge in [0, 0.05) is 0 Å². The maximum absolute atomic E-state index is 4.67. The Bertz CT molecular complexity index is 2030. The summed E-state index contributed by atoms with van der Waals surface area (Å²) in [5.74, 6) is 0. The topological polar surface area (TPSA) is 0 Å². The molecule has 0 heterocycles. The van der Waals surface area contributed by atoms with Crippen LogP contribution in [0.25, 0.3) is 11.1 Å². The Balaban J connectivity index is 1.80. The second-order valence-corrected chi connectivity index (χ2v) is 56.2. The number of benzene rings is 4. The number of hydrogen-bond acceptors (Lipinski definition) is 0. The summed E-state index contributed by atoms with van der Waals surface area (Å²) in [5.41, 5.74) is 12.0. The van der Waals surface area contributed by atoms with Crippen molar-refractivity contribution in [2.24, 2.45) is 0 Å². The average molecular weight is 946 g/mol. The molecule has 0 N–H and O–H groups in total. The molecule has 56 heavy (non-hydrogen) atoms. The Morgan fingerprint density at radius 3 is 1.14 bits per heavy atom. The fraction of sp³-hybridized carbons (Fsp3) is 0.453. The summed E-state index contributed by atoms with van der Waals surface area (Å²) in [5, 5.41) is 3.27. The summed E-state index contributed by atoms with van der Waals surface area (Å²) >= 11 is -4.67. The maximum atomic E-state index is 2.86. The summed E-state index contributed by atoms with van der Waals surface area (Å²) in [7, 11) is -3.08. The number of rotatable bonds is 12. The van der Waals surface area contributed by atoms with Gasteiger partial charge in [-0.1, -0.05) is 0 Å². The average Bonchev–Trinajstić information content (AvgIpc) is 3.85. The van der Waals surface area contributed by atoms with Gasteiger partial charge < -0.3 is 0 Å². The molecule has 0 saturated heterocycles. The molecule has 0 fully saturated rings. The summed E-state index contributed by atoms with van der Waals surface area (Å²) in [6.45, 7) is 29.0. The molecular formula is C53H74HfSi2. The van der Waals surface area contributed by atoms with Crippen LogP contribution >= 0.6 is 0 Å². The van der Waals surface area contributed by atoms with E-state index < -0.39 is 34.2 Å². The van der Waals surface area contributed by atoms with Crippen LogP contribution in [0.1, 0.15) is 120 Å². The Morgan fingerprint density at radius 1 is 0.500 bits per heavy atom. The van der Waals surface area contributed by atoms with Crippen LogP contribution in [0, 0.1) is 0 Å². The van der Waals surface area contributed by atoms with Crippen molar-refractivity contribution in [1.82, 2.24) is 0 Å². The van der Waals surface area contributed by atoms with Gasteiger partial charge in [-0.05, 0) is 0 Å². The van der Waals surface area contributed by atoms with Crippen LogP contribution in [0.3, 0.4) is 0 Å². The van der Waals surface area contributed by atoms with Crippen molar-refractivity contribution < 1.29 is 18.0 Å². The summed E-state index contributed by atoms with van der Waals surface area (Å²) in [6.07, 6.45) is 9.92. The third-order valence-corrected chi connectivity index (χ3v) is 52.2. The molecule has 0 aromatic heterocycles. The molecule has 0 radical (unpaired) electrons. The molecule has 0 amide bonds. The van der Waals surface area contributed by atoms with Crippen molar-refractivity contribution >= 4 is 29.8 Å². The van der Waals surface area contributed by atoms with Crippen LogP contribution in [0.4, 0.5) is 0 Å². The first kappa shape index (κ1) is 43.1. The Hall–Kier alpha value is -2.47. The Labute approximate surface area is 346 Å². The molecule has 0 saturated carbocycles. The van der Waals surface area contributed by atoms with Gasteiger partial charge in [0.1, 0.15) is 0 Å². The Kier molecular flexibility index (Phi) is 12.0. The molecule has 298 valence electrons. The molecule has 0 spiro atoms. The molecule has 4 aromatic rings. The predicted molar refractivity (Wildman–Crippen MR) is 255 cm³/mol. The third kappa shape index (κ3) is 7.06. The van der Waals surface area contributed by atoms with Gasteiger partial charge in [0.15, 0.2) is 0 Å². The van der Waals surface area contributed by atoms with Gasteiger partial charge in [-0.15, -0.1) is 0 Å². The van der Waals surface area contributed by atoms with Crippen LogP contribution in [0.15, 0.2) is 109 Å². The van der Waals surface area contributed by atoms with Crippen LogP contribution in [-0.2, 0) is 28.8 Å². The van der Waals surface area contributed by atoms with Gasteiger partial charge in [-0.2, -0.15) is 0 Å². The van der Waals surface area contributed by atoms with Crippen molar-refractivity contribution in [3.8, 4) is 11.1 Å². The van der Waals surface area contributed by atoms with E-state index in [0.29, 0.717) is 7.35 Å². The molecule has 2 aliphatic rings. The van der Waals surface area contributed by atoms with Crippen LogP contribution < -0.4 is 10.4 Å². The molecule has 0 bridgehead atoms. The third-order valence-electron chi connectivity index (χ3n) is 15.8. The molecule has 0 atom stereocenters. The van der Waals surface area contributed by atoms with E-state index in [1.165, 1.54) is 69.6 Å². The van der Waals surface area contributed by atoms with Gasteiger partial charge >= 0.3 is 348 Å². The molecule has 0 unspecified atom stereocenters. The van der Waals surface area contributed by atoms with Gasteiger partial charge in [0.2, 0.25) is 0 Å². The summed E-state index contributed by atoms with van der Waals surface area (Å²) in [4.78, 5) is 0. The number of allylic oxidation sites excluding steroid dienone is 4. The van der Waals surface area contributed by atoms with Gasteiger partial charge in [0.05, 0.1) is 0 Å². The minimum absolute atomic E-state index is 0.0621.